The second-order valence-corrected chi connectivity index (χ2v) is 14.4. The first-order chi connectivity index (χ1) is 13.4. The Morgan fingerprint density at radius 1 is 1.21 bits per heavy atom. The predicted octanol–water partition coefficient (Wildman–Crippen LogP) is 5.53. The van der Waals surface area contributed by atoms with Crippen LogP contribution in [0.1, 0.15) is 49.1 Å². The van der Waals surface area contributed by atoms with Crippen LogP contribution in [0, 0.1) is 6.92 Å². The van der Waals surface area contributed by atoms with Gasteiger partial charge < -0.3 is 9.53 Å². The van der Waals surface area contributed by atoms with Crippen LogP contribution in [0.5, 0.6) is 0 Å². The van der Waals surface area contributed by atoms with E-state index in [1.54, 1.807) is 4.68 Å². The minimum atomic E-state index is -1.89. The van der Waals surface area contributed by atoms with Crippen molar-refractivity contribution in [3.05, 3.63) is 57.6 Å². The lowest BCUT2D eigenvalue weighted by Gasteiger charge is -2.36. The van der Waals surface area contributed by atoms with E-state index in [0.29, 0.717) is 11.6 Å². The average Bonchev–Trinajstić information content (AvgIpc) is 3.02. The molecule has 0 spiro atoms. The minimum Gasteiger partial charge on any atom is -0.413 e. The Hall–Kier alpha value is -1.73. The first-order valence-electron chi connectivity index (χ1n) is 9.81. The monoisotopic (exact) mass is 431 g/mol. The topological polar surface area (TPSA) is 60.2 Å². The van der Waals surface area contributed by atoms with Crippen LogP contribution in [0.15, 0.2) is 30.3 Å². The normalized spacial score (nSPS) is 13.8. The van der Waals surface area contributed by atoms with Gasteiger partial charge in [0.1, 0.15) is 11.6 Å². The van der Waals surface area contributed by atoms with Crippen LogP contribution in [0.4, 0.5) is 0 Å². The minimum absolute atomic E-state index is 0.125. The van der Waals surface area contributed by atoms with Crippen molar-refractivity contribution in [1.29, 1.82) is 0 Å². The fourth-order valence-electron chi connectivity index (χ4n) is 3.07. The van der Waals surface area contributed by atoms with Gasteiger partial charge in [0.15, 0.2) is 8.32 Å². The zero-order valence-electron chi connectivity index (χ0n) is 18.2. The van der Waals surface area contributed by atoms with Gasteiger partial charge in [-0.3, -0.25) is 0 Å². The molecule has 5 nitrogen and oxygen atoms in total. The second kappa shape index (κ2) is 7.83. The number of fused-ring (bicyclic) bond motifs is 1. The van der Waals surface area contributed by atoms with Gasteiger partial charge in [-0.15, -0.1) is 5.10 Å². The van der Waals surface area contributed by atoms with Crippen molar-refractivity contribution in [1.82, 2.24) is 15.0 Å². The van der Waals surface area contributed by atoms with Crippen molar-refractivity contribution in [2.75, 3.05) is 0 Å². The largest absolute Gasteiger partial charge is 0.413 e. The number of rotatable bonds is 5. The third kappa shape index (κ3) is 4.26. The van der Waals surface area contributed by atoms with Gasteiger partial charge in [0.05, 0.1) is 12.1 Å². The Morgan fingerprint density at radius 2 is 1.90 bits per heavy atom. The van der Waals surface area contributed by atoms with Crippen molar-refractivity contribution in [2.24, 2.45) is 7.05 Å². The van der Waals surface area contributed by atoms with E-state index in [0.717, 1.165) is 33.3 Å². The van der Waals surface area contributed by atoms with Crippen molar-refractivity contribution in [3.63, 3.8) is 0 Å². The summed E-state index contributed by atoms with van der Waals surface area (Å²) in [6, 6.07) is 9.52. The lowest BCUT2D eigenvalue weighted by Crippen LogP contribution is -2.40. The van der Waals surface area contributed by atoms with Gasteiger partial charge in [0, 0.05) is 12.1 Å². The number of aryl methyl sites for hydroxylation is 2. The zero-order chi connectivity index (χ0) is 21.6. The highest BCUT2D eigenvalue weighted by molar-refractivity contribution is 6.74. The summed E-state index contributed by atoms with van der Waals surface area (Å²) in [7, 11) is -0.0351. The van der Waals surface area contributed by atoms with E-state index in [9.17, 15) is 5.11 Å². The van der Waals surface area contributed by atoms with Crippen LogP contribution in [-0.2, 0) is 18.1 Å². The standard InChI is InChI=1S/C22H30ClN3O2Si/c1-14-17(9-11-19-20(14)24-25-26(19)5)21(27)15-8-10-18(23)16(12-15)13-28-29(6,7)22(2,3)4/h8-12,21,27H,13H2,1-7H3. The fourth-order valence-corrected chi connectivity index (χ4v) is 4.20. The summed E-state index contributed by atoms with van der Waals surface area (Å²) in [5.74, 6) is 0. The summed E-state index contributed by atoms with van der Waals surface area (Å²) in [5, 5.41) is 20.2. The van der Waals surface area contributed by atoms with E-state index in [1.807, 2.05) is 44.3 Å². The van der Waals surface area contributed by atoms with Gasteiger partial charge in [-0.1, -0.05) is 49.7 Å². The number of benzene rings is 2. The Morgan fingerprint density at radius 3 is 2.55 bits per heavy atom. The quantitative estimate of drug-likeness (QED) is 0.539. The predicted molar refractivity (Wildman–Crippen MR) is 121 cm³/mol. The molecule has 0 saturated heterocycles. The molecule has 29 heavy (non-hydrogen) atoms. The first-order valence-corrected chi connectivity index (χ1v) is 13.1. The van der Waals surface area contributed by atoms with Crippen LogP contribution < -0.4 is 0 Å². The maximum atomic E-state index is 11.1. The first kappa shape index (κ1) is 22.0. The van der Waals surface area contributed by atoms with Crippen LogP contribution >= 0.6 is 11.6 Å². The van der Waals surface area contributed by atoms with Crippen molar-refractivity contribution in [2.45, 2.75) is 58.5 Å². The van der Waals surface area contributed by atoms with E-state index in [-0.39, 0.29) is 5.04 Å². The summed E-state index contributed by atoms with van der Waals surface area (Å²) < 4.78 is 8.07. The third-order valence-corrected chi connectivity index (χ3v) is 11.0. The lowest BCUT2D eigenvalue weighted by atomic mass is 9.95. The molecule has 7 heteroatoms. The molecular weight excluding hydrogens is 402 g/mol. The molecule has 1 atom stereocenters. The molecule has 0 aliphatic heterocycles. The Bertz CT molecular complexity index is 1040. The van der Waals surface area contributed by atoms with Crippen LogP contribution in [0.3, 0.4) is 0 Å². The SMILES string of the molecule is Cc1c(C(O)c2ccc(Cl)c(CO[Si](C)(C)C(C)(C)C)c2)ccc2c1nnn2C. The molecule has 0 saturated carbocycles. The molecule has 2 aromatic carbocycles. The number of nitrogens with zero attached hydrogens (tertiary/aromatic N) is 3. The summed E-state index contributed by atoms with van der Waals surface area (Å²) in [4.78, 5) is 0. The Balaban J connectivity index is 1.90. The molecule has 3 aromatic rings. The van der Waals surface area contributed by atoms with Gasteiger partial charge in [0.2, 0.25) is 0 Å². The molecular formula is C22H30ClN3O2Si. The van der Waals surface area contributed by atoms with Crippen molar-refractivity contribution < 1.29 is 9.53 Å². The molecule has 3 rings (SSSR count). The van der Waals surface area contributed by atoms with E-state index in [1.165, 1.54) is 0 Å². The average molecular weight is 432 g/mol. The maximum Gasteiger partial charge on any atom is 0.192 e. The van der Waals surface area contributed by atoms with Crippen molar-refractivity contribution >= 4 is 31.0 Å². The molecule has 0 bridgehead atoms. The van der Waals surface area contributed by atoms with E-state index < -0.39 is 14.4 Å². The summed E-state index contributed by atoms with van der Waals surface area (Å²) >= 11 is 6.43. The molecule has 0 fully saturated rings. The van der Waals surface area contributed by atoms with Gasteiger partial charge >= 0.3 is 0 Å². The Kier molecular flexibility index (Phi) is 5.93. The van der Waals surface area contributed by atoms with E-state index in [2.05, 4.69) is 44.2 Å². The fraction of sp³-hybridized carbons (Fsp3) is 0.455. The zero-order valence-corrected chi connectivity index (χ0v) is 20.0. The summed E-state index contributed by atoms with van der Waals surface area (Å²) in [6.07, 6.45) is -0.773. The molecule has 1 heterocycles. The van der Waals surface area contributed by atoms with Crippen LogP contribution in [0.25, 0.3) is 11.0 Å². The number of aliphatic hydroxyl groups excluding tert-OH is 1. The molecule has 0 radical (unpaired) electrons. The molecule has 1 unspecified atom stereocenters. The van der Waals surface area contributed by atoms with Crippen molar-refractivity contribution in [3.8, 4) is 0 Å². The third-order valence-electron chi connectivity index (χ3n) is 6.15. The van der Waals surface area contributed by atoms with Crippen LogP contribution in [-0.4, -0.2) is 28.4 Å². The lowest BCUT2D eigenvalue weighted by molar-refractivity contribution is 0.219. The van der Waals surface area contributed by atoms with Gasteiger partial charge in [-0.25, -0.2) is 4.68 Å². The van der Waals surface area contributed by atoms with Gasteiger partial charge in [-0.2, -0.15) is 0 Å². The molecule has 156 valence electrons. The van der Waals surface area contributed by atoms with Crippen LogP contribution in [0.2, 0.25) is 23.2 Å². The highest BCUT2D eigenvalue weighted by Gasteiger charge is 2.37. The summed E-state index contributed by atoms with van der Waals surface area (Å²) in [6.45, 7) is 13.5. The summed E-state index contributed by atoms with van der Waals surface area (Å²) in [5.41, 5.74) is 5.17. The Labute approximate surface area is 178 Å². The highest BCUT2D eigenvalue weighted by Crippen LogP contribution is 2.38. The number of aliphatic hydroxyl groups is 1. The molecule has 0 aliphatic rings. The van der Waals surface area contributed by atoms with E-state index in [4.69, 9.17) is 16.0 Å². The molecule has 0 amide bonds. The second-order valence-electron chi connectivity index (χ2n) is 9.16. The van der Waals surface area contributed by atoms with Gasteiger partial charge in [0.25, 0.3) is 0 Å². The highest BCUT2D eigenvalue weighted by atomic mass is 35.5. The number of halogens is 1. The number of aromatic nitrogens is 3. The number of hydrogen-bond acceptors (Lipinski definition) is 4. The maximum absolute atomic E-state index is 11.1. The molecule has 0 aliphatic carbocycles. The number of hydrogen-bond donors (Lipinski definition) is 1. The molecule has 1 N–H and O–H groups in total. The van der Waals surface area contributed by atoms with Gasteiger partial charge in [-0.05, 0) is 65.5 Å². The smallest absolute Gasteiger partial charge is 0.192 e. The molecule has 1 aromatic heterocycles. The van der Waals surface area contributed by atoms with E-state index >= 15 is 0 Å².